The summed E-state index contributed by atoms with van der Waals surface area (Å²) < 4.78 is 12.5. The van der Waals surface area contributed by atoms with E-state index in [1.54, 1.807) is 24.3 Å². The van der Waals surface area contributed by atoms with Crippen molar-refractivity contribution in [1.82, 2.24) is 14.8 Å². The van der Waals surface area contributed by atoms with Gasteiger partial charge in [-0.2, -0.15) is 15.0 Å². The number of nitrogens with one attached hydrogen (secondary N) is 1. The number of hydrogen-bond donors (Lipinski definition) is 1. The van der Waals surface area contributed by atoms with Gasteiger partial charge in [0.15, 0.2) is 29.7 Å². The number of aromatic nitrogens is 3. The number of anilines is 1. The maximum atomic E-state index is 12.6. The van der Waals surface area contributed by atoms with Crippen molar-refractivity contribution in [2.45, 2.75) is 6.92 Å². The van der Waals surface area contributed by atoms with Crippen LogP contribution in [0.3, 0.4) is 0 Å². The number of carbonyl (C=O) groups excluding carboxylic acids is 1. The largest absolute Gasteiger partial charge is 0.490 e. The van der Waals surface area contributed by atoms with Gasteiger partial charge in [-0.05, 0) is 37.3 Å². The van der Waals surface area contributed by atoms with Gasteiger partial charge >= 0.3 is 0 Å². The van der Waals surface area contributed by atoms with Crippen LogP contribution < -0.4 is 14.8 Å². The van der Waals surface area contributed by atoms with E-state index >= 15 is 0 Å². The molecular weight excluding hydrogens is 394 g/mol. The Balaban J connectivity index is 1.55. The van der Waals surface area contributed by atoms with Gasteiger partial charge in [0.1, 0.15) is 11.6 Å². The summed E-state index contributed by atoms with van der Waals surface area (Å²) in [5.41, 5.74) is 1.00. The van der Waals surface area contributed by atoms with Crippen LogP contribution in [0.15, 0.2) is 66.9 Å². The topological polar surface area (TPSA) is 102 Å². The molecule has 0 aliphatic carbocycles. The number of hydrogen-bond acceptors (Lipinski definition) is 6. The Labute approximate surface area is 178 Å². The predicted molar refractivity (Wildman–Crippen MR) is 115 cm³/mol. The molecule has 31 heavy (non-hydrogen) atoms. The predicted octanol–water partition coefficient (Wildman–Crippen LogP) is 3.71. The number of fused-ring (bicyclic) bond motifs is 1. The summed E-state index contributed by atoms with van der Waals surface area (Å²) in [4.78, 5) is 17.1. The molecule has 154 valence electrons. The highest BCUT2D eigenvalue weighted by Gasteiger charge is 2.17. The van der Waals surface area contributed by atoms with Crippen LogP contribution in [0.25, 0.3) is 16.7 Å². The van der Waals surface area contributed by atoms with E-state index in [9.17, 15) is 10.1 Å². The standard InChI is InChI=1S/C23H19N5O3/c1-2-30-19-9-5-6-10-20(19)31-15-22(29)27-23-17(13-24)14-25-28(23)21-12-11-16-7-3-4-8-18(16)26-21/h3-12,14H,2,15H2,1H3,(H,27,29). The number of para-hydroxylation sites is 3. The fourth-order valence-corrected chi connectivity index (χ4v) is 3.05. The average molecular weight is 413 g/mol. The second kappa shape index (κ2) is 8.97. The molecule has 0 aliphatic heterocycles. The van der Waals surface area contributed by atoms with Crippen molar-refractivity contribution < 1.29 is 14.3 Å². The van der Waals surface area contributed by atoms with Gasteiger partial charge in [-0.3, -0.25) is 4.79 Å². The van der Waals surface area contributed by atoms with Crippen molar-refractivity contribution in [2.24, 2.45) is 0 Å². The summed E-state index contributed by atoms with van der Waals surface area (Å²) in [7, 11) is 0. The Bertz CT molecular complexity index is 1280. The smallest absolute Gasteiger partial charge is 0.263 e. The molecular formula is C23H19N5O3. The highest BCUT2D eigenvalue weighted by Crippen LogP contribution is 2.26. The monoisotopic (exact) mass is 413 g/mol. The summed E-state index contributed by atoms with van der Waals surface area (Å²) in [6.07, 6.45) is 1.39. The third kappa shape index (κ3) is 4.31. The van der Waals surface area contributed by atoms with Crippen LogP contribution in [0.4, 0.5) is 5.82 Å². The summed E-state index contributed by atoms with van der Waals surface area (Å²) in [6, 6.07) is 20.5. The number of nitriles is 1. The molecule has 1 amide bonds. The van der Waals surface area contributed by atoms with Gasteiger partial charge in [-0.25, -0.2) is 4.98 Å². The molecule has 0 atom stereocenters. The van der Waals surface area contributed by atoms with Crippen LogP contribution in [-0.4, -0.2) is 33.9 Å². The van der Waals surface area contributed by atoms with Crippen LogP contribution in [0, 0.1) is 11.3 Å². The van der Waals surface area contributed by atoms with Crippen molar-refractivity contribution in [3.8, 4) is 23.4 Å². The molecule has 4 aromatic rings. The van der Waals surface area contributed by atoms with E-state index in [-0.39, 0.29) is 18.0 Å². The minimum Gasteiger partial charge on any atom is -0.490 e. The average Bonchev–Trinajstić information content (AvgIpc) is 3.20. The van der Waals surface area contributed by atoms with E-state index < -0.39 is 5.91 Å². The van der Waals surface area contributed by atoms with Crippen molar-refractivity contribution in [1.29, 1.82) is 5.26 Å². The van der Waals surface area contributed by atoms with Crippen molar-refractivity contribution in [3.05, 3.63) is 72.4 Å². The third-order valence-electron chi connectivity index (χ3n) is 4.46. The Morgan fingerprint density at radius 1 is 1.06 bits per heavy atom. The van der Waals surface area contributed by atoms with Crippen LogP contribution in [-0.2, 0) is 4.79 Å². The maximum Gasteiger partial charge on any atom is 0.263 e. The quantitative estimate of drug-likeness (QED) is 0.496. The molecule has 1 N–H and O–H groups in total. The van der Waals surface area contributed by atoms with Crippen LogP contribution in [0.5, 0.6) is 11.5 Å². The molecule has 0 fully saturated rings. The first kappa shape index (κ1) is 19.9. The normalized spacial score (nSPS) is 10.5. The highest BCUT2D eigenvalue weighted by molar-refractivity contribution is 5.92. The third-order valence-corrected chi connectivity index (χ3v) is 4.46. The van der Waals surface area contributed by atoms with E-state index in [1.807, 2.05) is 49.4 Å². The number of amides is 1. The Morgan fingerprint density at radius 3 is 2.58 bits per heavy atom. The van der Waals surface area contributed by atoms with Gasteiger partial charge in [0.05, 0.1) is 18.3 Å². The number of benzene rings is 2. The van der Waals surface area contributed by atoms with Gasteiger partial charge < -0.3 is 14.8 Å². The summed E-state index contributed by atoms with van der Waals surface area (Å²) in [5, 5.41) is 17.4. The molecule has 2 heterocycles. The number of nitrogens with zero attached hydrogens (tertiary/aromatic N) is 4. The number of pyridine rings is 1. The molecule has 0 unspecified atom stereocenters. The van der Waals surface area contributed by atoms with E-state index in [4.69, 9.17) is 9.47 Å². The molecule has 2 aromatic heterocycles. The highest BCUT2D eigenvalue weighted by atomic mass is 16.5. The van der Waals surface area contributed by atoms with Crippen molar-refractivity contribution in [2.75, 3.05) is 18.5 Å². The second-order valence-electron chi connectivity index (χ2n) is 6.51. The van der Waals surface area contributed by atoms with Crippen molar-refractivity contribution >= 4 is 22.6 Å². The number of carbonyl (C=O) groups is 1. The Hall–Kier alpha value is -4.38. The molecule has 4 rings (SSSR count). The summed E-state index contributed by atoms with van der Waals surface area (Å²) in [6.45, 7) is 2.09. The van der Waals surface area contributed by atoms with Crippen molar-refractivity contribution in [3.63, 3.8) is 0 Å². The minimum atomic E-state index is -0.439. The first-order chi connectivity index (χ1) is 15.2. The van der Waals surface area contributed by atoms with Crippen LogP contribution >= 0.6 is 0 Å². The molecule has 2 aromatic carbocycles. The van der Waals surface area contributed by atoms with Gasteiger partial charge in [0.25, 0.3) is 5.91 Å². The fraction of sp³-hybridized carbons (Fsp3) is 0.130. The lowest BCUT2D eigenvalue weighted by molar-refractivity contribution is -0.118. The number of rotatable bonds is 7. The Kier molecular flexibility index (Phi) is 5.76. The van der Waals surface area contributed by atoms with Gasteiger partial charge in [-0.15, -0.1) is 0 Å². The van der Waals surface area contributed by atoms with Crippen LogP contribution in [0.1, 0.15) is 12.5 Å². The molecule has 0 aliphatic rings. The summed E-state index contributed by atoms with van der Waals surface area (Å²) >= 11 is 0. The first-order valence-corrected chi connectivity index (χ1v) is 9.68. The molecule has 0 bridgehead atoms. The fourth-order valence-electron chi connectivity index (χ4n) is 3.05. The van der Waals surface area contributed by atoms with Gasteiger partial charge in [-0.1, -0.05) is 30.3 Å². The molecule has 0 spiro atoms. The lowest BCUT2D eigenvalue weighted by atomic mass is 10.2. The van der Waals surface area contributed by atoms with E-state index in [1.165, 1.54) is 10.9 Å². The SMILES string of the molecule is CCOc1ccccc1OCC(=O)Nc1c(C#N)cnn1-c1ccc2ccccc2n1. The summed E-state index contributed by atoms with van der Waals surface area (Å²) in [5.74, 6) is 1.30. The molecule has 0 saturated heterocycles. The first-order valence-electron chi connectivity index (χ1n) is 9.68. The molecule has 8 nitrogen and oxygen atoms in total. The van der Waals surface area contributed by atoms with Crippen LogP contribution in [0.2, 0.25) is 0 Å². The molecule has 0 radical (unpaired) electrons. The lowest BCUT2D eigenvalue weighted by Gasteiger charge is -2.12. The molecule has 8 heteroatoms. The van der Waals surface area contributed by atoms with E-state index in [0.717, 1.165) is 10.9 Å². The van der Waals surface area contributed by atoms with E-state index in [0.29, 0.717) is 23.9 Å². The number of ether oxygens (including phenoxy) is 2. The second-order valence-corrected chi connectivity index (χ2v) is 6.51. The minimum absolute atomic E-state index is 0.220. The van der Waals surface area contributed by atoms with E-state index in [2.05, 4.69) is 15.4 Å². The Morgan fingerprint density at radius 2 is 1.81 bits per heavy atom. The zero-order valence-electron chi connectivity index (χ0n) is 16.8. The van der Waals surface area contributed by atoms with Gasteiger partial charge in [0, 0.05) is 5.39 Å². The zero-order chi connectivity index (χ0) is 21.6. The lowest BCUT2D eigenvalue weighted by Crippen LogP contribution is -2.22. The zero-order valence-corrected chi connectivity index (χ0v) is 16.8. The maximum absolute atomic E-state index is 12.6. The molecule has 0 saturated carbocycles. The van der Waals surface area contributed by atoms with Gasteiger partial charge in [0.2, 0.25) is 0 Å².